The van der Waals surface area contributed by atoms with Crippen molar-refractivity contribution in [2.45, 2.75) is 12.8 Å². The molecule has 2 aliphatic rings. The van der Waals surface area contributed by atoms with Gasteiger partial charge in [0.25, 0.3) is 0 Å². The molecule has 0 aromatic carbocycles. The Bertz CT molecular complexity index is 169. The molecule has 0 spiro atoms. The first-order chi connectivity index (χ1) is 4.40. The first-order valence-electron chi connectivity index (χ1n) is 3.54. The summed E-state index contributed by atoms with van der Waals surface area (Å²) in [6.07, 6.45) is 7.93. The van der Waals surface area contributed by atoms with Crippen molar-refractivity contribution < 1.29 is 35.8 Å². The summed E-state index contributed by atoms with van der Waals surface area (Å²) in [5.41, 5.74) is 0. The zero-order valence-corrected chi connectivity index (χ0v) is 8.29. The van der Waals surface area contributed by atoms with Gasteiger partial charge in [0.15, 0.2) is 0 Å². The van der Waals surface area contributed by atoms with Gasteiger partial charge in [-0.1, -0.05) is 12.2 Å². The van der Waals surface area contributed by atoms with Crippen molar-refractivity contribution in [3.05, 3.63) is 12.2 Å². The van der Waals surface area contributed by atoms with Gasteiger partial charge in [0.1, 0.15) is 6.29 Å². The third kappa shape index (κ3) is 1.23. The maximum atomic E-state index is 10.4. The molecule has 0 aromatic rings. The molecule has 0 N–H and O–H groups in total. The van der Waals surface area contributed by atoms with Crippen LogP contribution in [0.25, 0.3) is 0 Å². The number of carbonyl (C=O) groups excluding carboxylic acids is 1. The molecule has 10 heavy (non-hydrogen) atoms. The van der Waals surface area contributed by atoms with Crippen LogP contribution in [0, 0.1) is 17.8 Å². The Hall–Kier alpha value is 0.410. The fourth-order valence-corrected chi connectivity index (χ4v) is 1.98. The Morgan fingerprint density at radius 1 is 1.40 bits per heavy atom. The van der Waals surface area contributed by atoms with Crippen molar-refractivity contribution in [3.8, 4) is 0 Å². The first-order valence-corrected chi connectivity index (χ1v) is 3.54. The van der Waals surface area contributed by atoms with Crippen LogP contribution in [0.15, 0.2) is 12.2 Å². The second-order valence-corrected chi connectivity index (χ2v) is 3.08. The largest absolute Gasteiger partial charge is 1.00 e. The average molecular weight is 146 g/mol. The maximum Gasteiger partial charge on any atom is 1.00 e. The van der Waals surface area contributed by atoms with Crippen LogP contribution < -0.4 is 29.6 Å². The fourth-order valence-electron chi connectivity index (χ4n) is 1.98. The second-order valence-electron chi connectivity index (χ2n) is 3.08. The summed E-state index contributed by atoms with van der Waals surface area (Å²) < 4.78 is 0. The smallest absolute Gasteiger partial charge is 1.00 e. The number of carbonyl (C=O) groups is 1. The molecule has 0 amide bonds. The van der Waals surface area contributed by atoms with Crippen LogP contribution in [0.5, 0.6) is 0 Å². The van der Waals surface area contributed by atoms with E-state index in [1.807, 2.05) is 0 Å². The summed E-state index contributed by atoms with van der Waals surface area (Å²) in [5, 5.41) is 0. The van der Waals surface area contributed by atoms with Gasteiger partial charge < -0.3 is 6.22 Å². The van der Waals surface area contributed by atoms with Crippen molar-refractivity contribution in [2.24, 2.45) is 17.8 Å². The van der Waals surface area contributed by atoms with Crippen molar-refractivity contribution in [3.63, 3.8) is 0 Å². The molecule has 2 heteroatoms. The average Bonchev–Trinajstić information content (AvgIpc) is 2.45. The summed E-state index contributed by atoms with van der Waals surface area (Å²) in [4.78, 5) is 10.4. The van der Waals surface area contributed by atoms with Crippen molar-refractivity contribution >= 4 is 6.29 Å². The van der Waals surface area contributed by atoms with Gasteiger partial charge in [0, 0.05) is 5.92 Å². The van der Waals surface area contributed by atoms with Crippen LogP contribution in [0.1, 0.15) is 14.3 Å². The van der Waals surface area contributed by atoms with Gasteiger partial charge in [0.2, 0.25) is 0 Å². The summed E-state index contributed by atoms with van der Waals surface area (Å²) in [7, 11) is 0. The predicted molar refractivity (Wildman–Crippen MR) is 36.0 cm³/mol. The van der Waals surface area contributed by atoms with Crippen LogP contribution in [0.4, 0.5) is 0 Å². The van der Waals surface area contributed by atoms with E-state index in [0.29, 0.717) is 11.8 Å². The van der Waals surface area contributed by atoms with E-state index < -0.39 is 0 Å². The molecule has 1 nitrogen and oxygen atoms in total. The van der Waals surface area contributed by atoms with Gasteiger partial charge in [-0.25, -0.2) is 0 Å². The van der Waals surface area contributed by atoms with E-state index in [1.165, 1.54) is 6.42 Å². The fraction of sp³-hybridized carbons (Fsp3) is 0.625. The Labute approximate surface area is 84.7 Å². The van der Waals surface area contributed by atoms with Crippen molar-refractivity contribution in [2.75, 3.05) is 0 Å². The number of fused-ring (bicyclic) bond motifs is 2. The molecule has 3 unspecified atom stereocenters. The second kappa shape index (κ2) is 3.21. The minimum atomic E-state index is 0. The van der Waals surface area contributed by atoms with E-state index in [-0.39, 0.29) is 31.0 Å². The Morgan fingerprint density at radius 2 is 2.20 bits per heavy atom. The molecular weight excluding hydrogens is 135 g/mol. The zero-order valence-electron chi connectivity index (χ0n) is 7.29. The number of hydrogen-bond acceptors (Lipinski definition) is 1. The molecule has 0 aliphatic heterocycles. The topological polar surface area (TPSA) is 17.1 Å². The van der Waals surface area contributed by atoms with E-state index in [2.05, 4.69) is 12.2 Å². The number of rotatable bonds is 1. The standard InChI is InChI=1S/C8H10O.Na.H/c9-5-8-4-6-1-2-7(8)3-6;;/h1-2,5-8H,3-4H2;;/q;+1;-1. The van der Waals surface area contributed by atoms with E-state index in [0.717, 1.165) is 18.6 Å². The summed E-state index contributed by atoms with van der Waals surface area (Å²) in [6, 6.07) is 0. The molecule has 1 fully saturated rings. The Kier molecular flexibility index (Phi) is 2.73. The van der Waals surface area contributed by atoms with Gasteiger partial charge in [-0.05, 0) is 24.7 Å². The van der Waals surface area contributed by atoms with Crippen molar-refractivity contribution in [1.82, 2.24) is 0 Å². The third-order valence-electron chi connectivity index (χ3n) is 2.51. The van der Waals surface area contributed by atoms with E-state index in [4.69, 9.17) is 0 Å². The van der Waals surface area contributed by atoms with E-state index >= 15 is 0 Å². The summed E-state index contributed by atoms with van der Waals surface area (Å²) in [5.74, 6) is 1.71. The monoisotopic (exact) mass is 146 g/mol. The van der Waals surface area contributed by atoms with Gasteiger partial charge in [-0.15, -0.1) is 0 Å². The molecule has 2 bridgehead atoms. The molecule has 2 aliphatic carbocycles. The molecule has 0 radical (unpaired) electrons. The molecule has 0 heterocycles. The number of allylic oxidation sites excluding steroid dienone is 2. The molecule has 3 atom stereocenters. The van der Waals surface area contributed by atoms with Crippen LogP contribution in [-0.4, -0.2) is 6.29 Å². The molecule has 2 rings (SSSR count). The summed E-state index contributed by atoms with van der Waals surface area (Å²) in [6.45, 7) is 0. The van der Waals surface area contributed by atoms with Crippen LogP contribution in [0.2, 0.25) is 0 Å². The van der Waals surface area contributed by atoms with E-state index in [1.54, 1.807) is 0 Å². The molecule has 0 saturated heterocycles. The van der Waals surface area contributed by atoms with Gasteiger partial charge >= 0.3 is 29.6 Å². The third-order valence-corrected chi connectivity index (χ3v) is 2.51. The Balaban J connectivity index is 0.000000500. The maximum absolute atomic E-state index is 10.4. The van der Waals surface area contributed by atoms with Gasteiger partial charge in [-0.2, -0.15) is 0 Å². The minimum Gasteiger partial charge on any atom is -1.00 e. The zero-order chi connectivity index (χ0) is 6.27. The minimum absolute atomic E-state index is 0. The van der Waals surface area contributed by atoms with Crippen LogP contribution >= 0.6 is 0 Å². The van der Waals surface area contributed by atoms with E-state index in [9.17, 15) is 4.79 Å². The van der Waals surface area contributed by atoms with Crippen LogP contribution in [-0.2, 0) is 4.79 Å². The SMILES string of the molecule is O=CC1CC2C=CC1C2.[H-].[Na+]. The summed E-state index contributed by atoms with van der Waals surface area (Å²) >= 11 is 0. The van der Waals surface area contributed by atoms with Gasteiger partial charge in [0.05, 0.1) is 0 Å². The Morgan fingerprint density at radius 3 is 2.50 bits per heavy atom. The van der Waals surface area contributed by atoms with Crippen molar-refractivity contribution in [1.29, 1.82) is 0 Å². The van der Waals surface area contributed by atoms with Crippen LogP contribution in [0.3, 0.4) is 0 Å². The molecule has 0 aromatic heterocycles. The number of aldehydes is 1. The predicted octanol–water partition coefficient (Wildman–Crippen LogP) is -1.49. The molecule has 1 saturated carbocycles. The normalized spacial score (nSPS) is 41.4. The molecule has 50 valence electrons. The molecular formula is C8H11NaO. The van der Waals surface area contributed by atoms with Gasteiger partial charge in [-0.3, -0.25) is 0 Å². The quantitative estimate of drug-likeness (QED) is 0.250. The first kappa shape index (κ1) is 8.51. The number of hydrogen-bond donors (Lipinski definition) is 0.